The lowest BCUT2D eigenvalue weighted by atomic mass is 10.3. The van der Waals surface area contributed by atoms with Crippen LogP contribution in [0.1, 0.15) is 0 Å². The minimum atomic E-state index is -2.12. The van der Waals surface area contributed by atoms with E-state index >= 15 is 0 Å². The Hall–Kier alpha value is -1.25. The Kier molecular flexibility index (Phi) is 3.95. The van der Waals surface area contributed by atoms with Gasteiger partial charge in [-0.05, 0) is 24.3 Å². The number of carbonyl (C=O) groups excluding carboxylic acids is 1. The molecule has 0 heterocycles. The minimum absolute atomic E-state index is 0.450. The molecule has 15 heavy (non-hydrogen) atoms. The van der Waals surface area contributed by atoms with Crippen molar-refractivity contribution in [1.82, 2.24) is 0 Å². The van der Waals surface area contributed by atoms with Crippen LogP contribution in [-0.2, 0) is 11.3 Å². The third kappa shape index (κ3) is 3.42. The molecule has 0 saturated carbocycles. The molecule has 0 spiro atoms. The van der Waals surface area contributed by atoms with Gasteiger partial charge in [-0.25, -0.2) is 13.3 Å². The summed E-state index contributed by atoms with van der Waals surface area (Å²) in [5, 5.41) is 0. The summed E-state index contributed by atoms with van der Waals surface area (Å²) in [6.07, 6.45) is 0. The van der Waals surface area contributed by atoms with E-state index in [1.54, 1.807) is 0 Å². The third-order valence-electron chi connectivity index (χ3n) is 1.53. The molecule has 1 unspecified atom stereocenters. The monoisotopic (exact) mass is 247 g/mol. The second-order valence-electron chi connectivity index (χ2n) is 2.55. The second kappa shape index (κ2) is 5.01. The molecule has 0 radical (unpaired) electrons. The van der Waals surface area contributed by atoms with Gasteiger partial charge in [0.05, 0.1) is 5.69 Å². The fraction of sp³-hybridized carbons (Fsp3) is 0. The van der Waals surface area contributed by atoms with E-state index in [0.29, 0.717) is 11.4 Å². The number of nitrogens with two attached hydrogens (primary N) is 1. The SMILES string of the molecule is NC(=O)N(S)c1ccc(NS(=O)O)cc1. The molecular weight excluding hydrogens is 238 g/mol. The number of urea groups is 1. The molecule has 1 rings (SSSR count). The van der Waals surface area contributed by atoms with Gasteiger partial charge in [0.2, 0.25) is 0 Å². The Labute approximate surface area is 94.4 Å². The second-order valence-corrected chi connectivity index (χ2v) is 3.65. The standard InChI is InChI=1S/C7H9N3O3S2/c8-7(11)10(14)6-3-1-5(2-4-6)9-15(12)13/h1-4,9,14H,(H2,8,11)(H,12,13). The summed E-state index contributed by atoms with van der Waals surface area (Å²) >= 11 is 1.73. The fourth-order valence-corrected chi connectivity index (χ4v) is 1.37. The predicted molar refractivity (Wildman–Crippen MR) is 61.9 cm³/mol. The van der Waals surface area contributed by atoms with Crippen LogP contribution in [0, 0.1) is 0 Å². The largest absolute Gasteiger partial charge is 0.350 e. The Morgan fingerprint density at radius 1 is 1.47 bits per heavy atom. The maximum atomic E-state index is 10.7. The van der Waals surface area contributed by atoms with Crippen molar-refractivity contribution in [3.63, 3.8) is 0 Å². The van der Waals surface area contributed by atoms with Crippen LogP contribution in [0.25, 0.3) is 0 Å². The quantitative estimate of drug-likeness (QED) is 0.473. The molecule has 0 aliphatic heterocycles. The maximum absolute atomic E-state index is 10.7. The minimum Gasteiger partial charge on any atom is -0.350 e. The number of rotatable bonds is 3. The van der Waals surface area contributed by atoms with Crippen molar-refractivity contribution in [3.8, 4) is 0 Å². The van der Waals surface area contributed by atoms with Gasteiger partial charge in [-0.3, -0.25) is 9.27 Å². The summed E-state index contributed by atoms with van der Waals surface area (Å²) in [4.78, 5) is 10.7. The third-order valence-corrected chi connectivity index (χ3v) is 2.36. The van der Waals surface area contributed by atoms with E-state index in [1.807, 2.05) is 0 Å². The van der Waals surface area contributed by atoms with Gasteiger partial charge in [0.1, 0.15) is 0 Å². The highest BCUT2D eigenvalue weighted by atomic mass is 32.2. The van der Waals surface area contributed by atoms with Crippen molar-refractivity contribution in [2.75, 3.05) is 9.03 Å². The molecule has 0 aliphatic rings. The zero-order valence-electron chi connectivity index (χ0n) is 7.45. The molecule has 1 atom stereocenters. The van der Waals surface area contributed by atoms with Crippen LogP contribution in [0.15, 0.2) is 24.3 Å². The van der Waals surface area contributed by atoms with Crippen molar-refractivity contribution in [2.45, 2.75) is 0 Å². The Morgan fingerprint density at radius 3 is 2.40 bits per heavy atom. The van der Waals surface area contributed by atoms with E-state index in [4.69, 9.17) is 10.3 Å². The number of primary amides is 1. The first-order valence-electron chi connectivity index (χ1n) is 3.76. The van der Waals surface area contributed by atoms with Gasteiger partial charge < -0.3 is 5.73 Å². The highest BCUT2D eigenvalue weighted by Crippen LogP contribution is 2.19. The van der Waals surface area contributed by atoms with Crippen LogP contribution in [-0.4, -0.2) is 14.8 Å². The number of amides is 2. The Morgan fingerprint density at radius 2 is 2.00 bits per heavy atom. The number of anilines is 2. The molecule has 0 aliphatic carbocycles. The molecule has 0 saturated heterocycles. The highest BCUT2D eigenvalue weighted by molar-refractivity contribution is 7.82. The van der Waals surface area contributed by atoms with Gasteiger partial charge in [0.15, 0.2) is 0 Å². The number of thiol groups is 1. The molecule has 1 aromatic carbocycles. The van der Waals surface area contributed by atoms with Crippen LogP contribution in [0.3, 0.4) is 0 Å². The molecule has 0 bridgehead atoms. The number of hydrogen-bond acceptors (Lipinski definition) is 3. The van der Waals surface area contributed by atoms with Crippen molar-refractivity contribution in [2.24, 2.45) is 5.73 Å². The van der Waals surface area contributed by atoms with Crippen molar-refractivity contribution in [1.29, 1.82) is 0 Å². The van der Waals surface area contributed by atoms with Crippen molar-refractivity contribution in [3.05, 3.63) is 24.3 Å². The number of benzene rings is 1. The molecule has 4 N–H and O–H groups in total. The van der Waals surface area contributed by atoms with Gasteiger partial charge in [-0.1, -0.05) is 12.8 Å². The summed E-state index contributed by atoms with van der Waals surface area (Å²) in [5.41, 5.74) is 5.92. The first kappa shape index (κ1) is 11.8. The molecule has 0 fully saturated rings. The molecule has 82 valence electrons. The lowest BCUT2D eigenvalue weighted by Crippen LogP contribution is -2.27. The van der Waals surface area contributed by atoms with E-state index in [0.717, 1.165) is 4.31 Å². The zero-order chi connectivity index (χ0) is 11.4. The van der Waals surface area contributed by atoms with Crippen LogP contribution in [0.5, 0.6) is 0 Å². The van der Waals surface area contributed by atoms with Crippen LogP contribution in [0.4, 0.5) is 16.2 Å². The molecule has 1 aromatic rings. The lowest BCUT2D eigenvalue weighted by molar-refractivity contribution is 0.257. The topological polar surface area (TPSA) is 95.7 Å². The van der Waals surface area contributed by atoms with Gasteiger partial charge in [-0.15, -0.1) is 0 Å². The number of nitrogens with zero attached hydrogens (tertiary/aromatic N) is 1. The normalized spacial score (nSPS) is 11.9. The molecular formula is C7H9N3O3S2. The predicted octanol–water partition coefficient (Wildman–Crippen LogP) is 0.965. The van der Waals surface area contributed by atoms with Gasteiger partial charge in [0, 0.05) is 5.69 Å². The van der Waals surface area contributed by atoms with E-state index in [9.17, 15) is 9.00 Å². The van der Waals surface area contributed by atoms with Crippen LogP contribution >= 0.6 is 12.8 Å². The van der Waals surface area contributed by atoms with Crippen molar-refractivity contribution >= 4 is 41.5 Å². The fourth-order valence-electron chi connectivity index (χ4n) is 0.899. The smallest absolute Gasteiger partial charge is 0.329 e. The summed E-state index contributed by atoms with van der Waals surface area (Å²) in [6, 6.07) is 5.41. The number of nitrogens with one attached hydrogen (secondary N) is 1. The molecule has 8 heteroatoms. The average molecular weight is 247 g/mol. The van der Waals surface area contributed by atoms with E-state index in [1.165, 1.54) is 24.3 Å². The van der Waals surface area contributed by atoms with Crippen molar-refractivity contribution < 1.29 is 13.6 Å². The van der Waals surface area contributed by atoms with E-state index in [-0.39, 0.29) is 0 Å². The molecule has 2 amide bonds. The van der Waals surface area contributed by atoms with Gasteiger partial charge in [-0.2, -0.15) is 0 Å². The summed E-state index contributed by atoms with van der Waals surface area (Å²) in [7, 11) is 0. The average Bonchev–Trinajstić information content (AvgIpc) is 2.17. The summed E-state index contributed by atoms with van der Waals surface area (Å²) in [6.45, 7) is 0. The van der Waals surface area contributed by atoms with E-state index in [2.05, 4.69) is 17.5 Å². The number of carbonyl (C=O) groups is 1. The van der Waals surface area contributed by atoms with Crippen LogP contribution in [0.2, 0.25) is 0 Å². The Balaban J connectivity index is 2.80. The highest BCUT2D eigenvalue weighted by Gasteiger charge is 2.06. The zero-order valence-corrected chi connectivity index (χ0v) is 9.16. The van der Waals surface area contributed by atoms with Gasteiger partial charge in [0.25, 0.3) is 11.3 Å². The van der Waals surface area contributed by atoms with Gasteiger partial charge >= 0.3 is 6.03 Å². The number of hydrogen-bond donors (Lipinski definition) is 4. The molecule has 6 nitrogen and oxygen atoms in total. The Bertz CT molecular complexity index is 382. The van der Waals surface area contributed by atoms with Crippen LogP contribution < -0.4 is 14.8 Å². The van der Waals surface area contributed by atoms with E-state index < -0.39 is 17.3 Å². The first-order valence-corrected chi connectivity index (χ1v) is 5.27. The first-order chi connectivity index (χ1) is 7.00. The molecule has 0 aromatic heterocycles. The summed E-state index contributed by atoms with van der Waals surface area (Å²) in [5.74, 6) is 0. The summed E-state index contributed by atoms with van der Waals surface area (Å²) < 4.78 is 22.2. The maximum Gasteiger partial charge on any atom is 0.329 e. The lowest BCUT2D eigenvalue weighted by Gasteiger charge is -2.12.